The SMILES string of the molecule is Cc1ccc(NC(=O)Cc2nc(CN3CCN(c4ccc(O)cc4)CC3)cs2)cc1. The zero-order valence-corrected chi connectivity index (χ0v) is 17.9. The Morgan fingerprint density at radius 2 is 1.77 bits per heavy atom. The van der Waals surface area contributed by atoms with Gasteiger partial charge in [0.05, 0.1) is 12.1 Å². The summed E-state index contributed by atoms with van der Waals surface area (Å²) in [5.74, 6) is 0.256. The number of phenols is 1. The summed E-state index contributed by atoms with van der Waals surface area (Å²) in [6, 6.07) is 15.2. The maximum absolute atomic E-state index is 12.3. The summed E-state index contributed by atoms with van der Waals surface area (Å²) in [6.07, 6.45) is 0.299. The van der Waals surface area contributed by atoms with E-state index in [0.29, 0.717) is 12.2 Å². The van der Waals surface area contributed by atoms with Gasteiger partial charge in [0.15, 0.2) is 0 Å². The molecule has 2 heterocycles. The average molecular weight is 423 g/mol. The van der Waals surface area contributed by atoms with E-state index in [1.165, 1.54) is 5.56 Å². The molecule has 2 N–H and O–H groups in total. The highest BCUT2D eigenvalue weighted by Gasteiger charge is 2.18. The molecule has 1 aliphatic heterocycles. The molecule has 156 valence electrons. The smallest absolute Gasteiger partial charge is 0.231 e. The zero-order valence-electron chi connectivity index (χ0n) is 17.0. The summed E-state index contributed by atoms with van der Waals surface area (Å²) in [5.41, 5.74) is 4.15. The summed E-state index contributed by atoms with van der Waals surface area (Å²) in [7, 11) is 0. The lowest BCUT2D eigenvalue weighted by Gasteiger charge is -2.35. The number of aromatic hydroxyl groups is 1. The monoisotopic (exact) mass is 422 g/mol. The number of carbonyl (C=O) groups is 1. The molecule has 0 spiro atoms. The highest BCUT2D eigenvalue weighted by atomic mass is 32.1. The summed E-state index contributed by atoms with van der Waals surface area (Å²) >= 11 is 1.55. The molecule has 0 bridgehead atoms. The van der Waals surface area contributed by atoms with Crippen molar-refractivity contribution in [2.45, 2.75) is 19.9 Å². The van der Waals surface area contributed by atoms with E-state index >= 15 is 0 Å². The number of carbonyl (C=O) groups excluding carboxylic acids is 1. The minimum Gasteiger partial charge on any atom is -0.508 e. The molecule has 1 saturated heterocycles. The van der Waals surface area contributed by atoms with Gasteiger partial charge in [-0.15, -0.1) is 11.3 Å². The van der Waals surface area contributed by atoms with E-state index in [1.54, 1.807) is 23.5 Å². The highest BCUT2D eigenvalue weighted by Crippen LogP contribution is 2.21. The summed E-state index contributed by atoms with van der Waals surface area (Å²) < 4.78 is 0. The van der Waals surface area contributed by atoms with Crippen LogP contribution in [0.2, 0.25) is 0 Å². The van der Waals surface area contributed by atoms with E-state index in [-0.39, 0.29) is 5.91 Å². The molecule has 1 fully saturated rings. The van der Waals surface area contributed by atoms with Crippen molar-refractivity contribution in [3.8, 4) is 5.75 Å². The van der Waals surface area contributed by atoms with Crippen LogP contribution >= 0.6 is 11.3 Å². The van der Waals surface area contributed by atoms with Gasteiger partial charge in [-0.1, -0.05) is 17.7 Å². The topological polar surface area (TPSA) is 68.7 Å². The van der Waals surface area contributed by atoms with Crippen LogP contribution in [0.3, 0.4) is 0 Å². The quantitative estimate of drug-likeness (QED) is 0.635. The number of aryl methyl sites for hydroxylation is 1. The first-order valence-electron chi connectivity index (χ1n) is 10.1. The molecule has 0 radical (unpaired) electrons. The number of benzene rings is 2. The molecule has 2 aromatic carbocycles. The van der Waals surface area contributed by atoms with Crippen LogP contribution < -0.4 is 10.2 Å². The Balaban J connectivity index is 1.25. The molecule has 0 unspecified atom stereocenters. The largest absolute Gasteiger partial charge is 0.508 e. The number of anilines is 2. The van der Waals surface area contributed by atoms with Crippen LogP contribution in [0.5, 0.6) is 5.75 Å². The van der Waals surface area contributed by atoms with Crippen molar-refractivity contribution in [2.75, 3.05) is 36.4 Å². The molecule has 7 heteroatoms. The molecule has 4 rings (SSSR count). The van der Waals surface area contributed by atoms with Crippen LogP contribution in [0.25, 0.3) is 0 Å². The van der Waals surface area contributed by atoms with Gasteiger partial charge in [0.1, 0.15) is 10.8 Å². The molecule has 3 aromatic rings. The fraction of sp³-hybridized carbons (Fsp3) is 0.304. The van der Waals surface area contributed by atoms with E-state index in [1.807, 2.05) is 43.3 Å². The van der Waals surface area contributed by atoms with Crippen molar-refractivity contribution in [3.63, 3.8) is 0 Å². The Morgan fingerprint density at radius 3 is 2.47 bits per heavy atom. The number of phenolic OH excluding ortho intramolecular Hbond substituents is 1. The van der Waals surface area contributed by atoms with Crippen molar-refractivity contribution in [1.29, 1.82) is 0 Å². The minimum atomic E-state index is -0.0396. The maximum Gasteiger partial charge on any atom is 0.231 e. The Bertz CT molecular complexity index is 977. The third-order valence-electron chi connectivity index (χ3n) is 5.22. The van der Waals surface area contributed by atoms with Gasteiger partial charge >= 0.3 is 0 Å². The number of hydrogen-bond donors (Lipinski definition) is 2. The number of nitrogens with zero attached hydrogens (tertiary/aromatic N) is 3. The second kappa shape index (κ2) is 9.28. The first-order chi connectivity index (χ1) is 14.5. The Morgan fingerprint density at radius 1 is 1.07 bits per heavy atom. The number of nitrogens with one attached hydrogen (secondary N) is 1. The average Bonchev–Trinajstić information content (AvgIpc) is 3.17. The van der Waals surface area contributed by atoms with E-state index in [0.717, 1.165) is 54.8 Å². The second-order valence-corrected chi connectivity index (χ2v) is 8.55. The van der Waals surface area contributed by atoms with E-state index in [9.17, 15) is 9.90 Å². The molecule has 0 atom stereocenters. The third kappa shape index (κ3) is 5.37. The van der Waals surface area contributed by atoms with Crippen LogP contribution in [0, 0.1) is 6.92 Å². The van der Waals surface area contributed by atoms with Crippen molar-refractivity contribution in [3.05, 3.63) is 70.2 Å². The lowest BCUT2D eigenvalue weighted by Crippen LogP contribution is -2.46. The van der Waals surface area contributed by atoms with Crippen LogP contribution in [0.15, 0.2) is 53.9 Å². The summed E-state index contributed by atoms with van der Waals surface area (Å²) in [4.78, 5) is 21.7. The Kier molecular flexibility index (Phi) is 6.30. The first-order valence-corrected chi connectivity index (χ1v) is 11.0. The van der Waals surface area contributed by atoms with Gasteiger partial charge in [0.25, 0.3) is 0 Å². The maximum atomic E-state index is 12.3. The van der Waals surface area contributed by atoms with Crippen LogP contribution in [0.1, 0.15) is 16.3 Å². The molecule has 6 nitrogen and oxygen atoms in total. The minimum absolute atomic E-state index is 0.0396. The fourth-order valence-electron chi connectivity index (χ4n) is 3.54. The van der Waals surface area contributed by atoms with Gasteiger partial charge in [0.2, 0.25) is 5.91 Å². The van der Waals surface area contributed by atoms with Gasteiger partial charge in [0, 0.05) is 49.5 Å². The normalized spacial score (nSPS) is 14.6. The van der Waals surface area contributed by atoms with Crippen molar-refractivity contribution >= 4 is 28.6 Å². The van der Waals surface area contributed by atoms with E-state index in [2.05, 4.69) is 25.5 Å². The van der Waals surface area contributed by atoms with Crippen LogP contribution in [-0.2, 0) is 17.8 Å². The van der Waals surface area contributed by atoms with Crippen molar-refractivity contribution in [1.82, 2.24) is 9.88 Å². The van der Waals surface area contributed by atoms with Gasteiger partial charge in [-0.2, -0.15) is 0 Å². The van der Waals surface area contributed by atoms with Crippen molar-refractivity contribution < 1.29 is 9.90 Å². The number of amides is 1. The number of aromatic nitrogens is 1. The molecule has 1 amide bonds. The van der Waals surface area contributed by atoms with Gasteiger partial charge in [-0.25, -0.2) is 4.98 Å². The van der Waals surface area contributed by atoms with Gasteiger partial charge in [-0.3, -0.25) is 9.69 Å². The van der Waals surface area contributed by atoms with Crippen molar-refractivity contribution in [2.24, 2.45) is 0 Å². The fourth-order valence-corrected chi connectivity index (χ4v) is 4.32. The highest BCUT2D eigenvalue weighted by molar-refractivity contribution is 7.09. The van der Waals surface area contributed by atoms with Gasteiger partial charge in [-0.05, 0) is 43.3 Å². The predicted octanol–water partition coefficient (Wildman–Crippen LogP) is 3.66. The third-order valence-corrected chi connectivity index (χ3v) is 6.12. The van der Waals surface area contributed by atoms with Crippen LogP contribution in [-0.4, -0.2) is 47.1 Å². The van der Waals surface area contributed by atoms with E-state index < -0.39 is 0 Å². The molecule has 1 aromatic heterocycles. The lowest BCUT2D eigenvalue weighted by atomic mass is 10.2. The Labute approximate surface area is 180 Å². The second-order valence-electron chi connectivity index (χ2n) is 7.60. The molecule has 0 aliphatic carbocycles. The Hall–Kier alpha value is -2.90. The molecular weight excluding hydrogens is 396 g/mol. The molecule has 1 aliphatic rings. The first kappa shape index (κ1) is 20.4. The molecule has 30 heavy (non-hydrogen) atoms. The summed E-state index contributed by atoms with van der Waals surface area (Å²) in [5, 5.41) is 15.3. The standard InChI is InChI=1S/C23H26N4O2S/c1-17-2-4-18(5-3-17)24-22(29)14-23-25-19(16-30-23)15-26-10-12-27(13-11-26)20-6-8-21(28)9-7-20/h2-9,16,28H,10-15H2,1H3,(H,24,29). The predicted molar refractivity (Wildman–Crippen MR) is 121 cm³/mol. The molecular formula is C23H26N4O2S. The lowest BCUT2D eigenvalue weighted by molar-refractivity contribution is -0.115. The van der Waals surface area contributed by atoms with Crippen LogP contribution in [0.4, 0.5) is 11.4 Å². The number of piperazine rings is 1. The zero-order chi connectivity index (χ0) is 20.9. The van der Waals surface area contributed by atoms with Gasteiger partial charge < -0.3 is 15.3 Å². The van der Waals surface area contributed by atoms with E-state index in [4.69, 9.17) is 0 Å². The summed E-state index contributed by atoms with van der Waals surface area (Å²) in [6.45, 7) is 6.64. The molecule has 0 saturated carbocycles. The number of thiazole rings is 1. The number of rotatable bonds is 6. The number of hydrogen-bond acceptors (Lipinski definition) is 6.